The van der Waals surface area contributed by atoms with Crippen LogP contribution in [0.3, 0.4) is 0 Å². The number of sulfone groups is 1. The van der Waals surface area contributed by atoms with Crippen LogP contribution in [0.5, 0.6) is 0 Å². The van der Waals surface area contributed by atoms with Crippen molar-refractivity contribution in [1.82, 2.24) is 4.31 Å². The van der Waals surface area contributed by atoms with Gasteiger partial charge in [-0.15, -0.1) is 0 Å². The van der Waals surface area contributed by atoms with Crippen molar-refractivity contribution in [2.45, 2.75) is 50.3 Å². The second kappa shape index (κ2) is 11.6. The molecule has 0 saturated heterocycles. The van der Waals surface area contributed by atoms with Gasteiger partial charge in [0.05, 0.1) is 21.1 Å². The summed E-state index contributed by atoms with van der Waals surface area (Å²) >= 11 is 0. The second-order valence-electron chi connectivity index (χ2n) is 11.0. The van der Waals surface area contributed by atoms with E-state index in [4.69, 9.17) is 0 Å². The van der Waals surface area contributed by atoms with Crippen LogP contribution in [0, 0.1) is 28.4 Å². The second-order valence-corrected chi connectivity index (χ2v) is 15.0. The van der Waals surface area contributed by atoms with Gasteiger partial charge in [0.1, 0.15) is 11.6 Å². The van der Waals surface area contributed by atoms with E-state index in [0.29, 0.717) is 18.4 Å². The standard InChI is InChI=1S/C29H37F2N3O4S2/c1-8-34(40(37,38)22-14-12-21(13-15-22)39(7,35)36)19-29(5)17-16-23(28(29,3)4)20(2)18-26(33-32-6)27-24(30)10-9-11-25(27)31/h9-15,18,23H,2,8,16-17,19H2,1,3-7H3/b26-18-,33-32?. The minimum Gasteiger partial charge on any atom is -0.224 e. The molecule has 1 aliphatic rings. The number of sulfonamides is 1. The summed E-state index contributed by atoms with van der Waals surface area (Å²) in [6, 6.07) is 8.83. The van der Waals surface area contributed by atoms with Gasteiger partial charge >= 0.3 is 0 Å². The first-order chi connectivity index (χ1) is 18.5. The summed E-state index contributed by atoms with van der Waals surface area (Å²) < 4.78 is 81.3. The molecular formula is C29H37F2N3O4S2. The molecule has 1 fully saturated rings. The van der Waals surface area contributed by atoms with Crippen molar-refractivity contribution < 1.29 is 25.6 Å². The molecule has 1 saturated carbocycles. The maximum absolute atomic E-state index is 14.5. The van der Waals surface area contributed by atoms with E-state index in [1.807, 2.05) is 6.92 Å². The fraction of sp³-hybridized carbons (Fsp3) is 0.448. The van der Waals surface area contributed by atoms with Gasteiger partial charge in [-0.2, -0.15) is 14.5 Å². The molecule has 0 amide bonds. The monoisotopic (exact) mass is 593 g/mol. The number of hydrogen-bond acceptors (Lipinski definition) is 6. The van der Waals surface area contributed by atoms with Crippen LogP contribution >= 0.6 is 0 Å². The average molecular weight is 594 g/mol. The molecule has 2 aromatic rings. The van der Waals surface area contributed by atoms with Crippen LogP contribution < -0.4 is 0 Å². The fourth-order valence-corrected chi connectivity index (χ4v) is 7.74. The number of hydrogen-bond donors (Lipinski definition) is 0. The summed E-state index contributed by atoms with van der Waals surface area (Å²) in [4.78, 5) is 0.0663. The molecule has 3 rings (SSSR count). The number of rotatable bonds is 10. The van der Waals surface area contributed by atoms with Crippen LogP contribution in [0.2, 0.25) is 0 Å². The molecule has 2 unspecified atom stereocenters. The van der Waals surface area contributed by atoms with Gasteiger partial charge in [-0.05, 0) is 77.6 Å². The van der Waals surface area contributed by atoms with Gasteiger partial charge in [-0.1, -0.05) is 40.3 Å². The molecule has 0 heterocycles. The number of nitrogens with zero attached hydrogens (tertiary/aromatic N) is 3. The smallest absolute Gasteiger partial charge is 0.224 e. The summed E-state index contributed by atoms with van der Waals surface area (Å²) in [5, 5.41) is 7.72. The lowest BCUT2D eigenvalue weighted by Crippen LogP contribution is -2.46. The van der Waals surface area contributed by atoms with Crippen molar-refractivity contribution in [3.8, 4) is 0 Å². The molecule has 0 radical (unpaired) electrons. The van der Waals surface area contributed by atoms with Crippen molar-refractivity contribution >= 4 is 25.6 Å². The minimum atomic E-state index is -3.91. The number of azo groups is 1. The van der Waals surface area contributed by atoms with Gasteiger partial charge in [0.2, 0.25) is 10.0 Å². The van der Waals surface area contributed by atoms with E-state index in [1.165, 1.54) is 41.7 Å². The molecule has 40 heavy (non-hydrogen) atoms. The zero-order valence-electron chi connectivity index (χ0n) is 23.8. The average Bonchev–Trinajstić information content (AvgIpc) is 3.10. The van der Waals surface area contributed by atoms with Crippen LogP contribution in [0.4, 0.5) is 8.78 Å². The first-order valence-corrected chi connectivity index (χ1v) is 16.3. The van der Waals surface area contributed by atoms with Gasteiger partial charge in [0, 0.05) is 26.4 Å². The molecule has 0 aromatic heterocycles. The summed E-state index contributed by atoms with van der Waals surface area (Å²) in [6.07, 6.45) is 4.01. The molecule has 1 aliphatic carbocycles. The van der Waals surface area contributed by atoms with Gasteiger partial charge in [-0.25, -0.2) is 25.6 Å². The largest absolute Gasteiger partial charge is 0.243 e. The first-order valence-electron chi connectivity index (χ1n) is 12.9. The molecule has 2 atom stereocenters. The van der Waals surface area contributed by atoms with E-state index in [2.05, 4.69) is 30.7 Å². The van der Waals surface area contributed by atoms with E-state index in [1.54, 1.807) is 13.0 Å². The lowest BCUT2D eigenvalue weighted by Gasteiger charge is -2.44. The third kappa shape index (κ3) is 6.11. The highest BCUT2D eigenvalue weighted by molar-refractivity contribution is 7.90. The van der Waals surface area contributed by atoms with E-state index >= 15 is 0 Å². The van der Waals surface area contributed by atoms with Gasteiger partial charge < -0.3 is 0 Å². The molecule has 0 spiro atoms. The Morgan fingerprint density at radius 1 is 1.05 bits per heavy atom. The zero-order valence-corrected chi connectivity index (χ0v) is 25.4. The van der Waals surface area contributed by atoms with Crippen LogP contribution in [0.25, 0.3) is 5.70 Å². The van der Waals surface area contributed by atoms with Crippen LogP contribution in [-0.4, -0.2) is 47.5 Å². The zero-order chi connectivity index (χ0) is 30.1. The highest BCUT2D eigenvalue weighted by atomic mass is 32.2. The van der Waals surface area contributed by atoms with Crippen LogP contribution in [0.15, 0.2) is 80.7 Å². The first kappa shape index (κ1) is 31.8. The van der Waals surface area contributed by atoms with Gasteiger partial charge in [0.15, 0.2) is 9.84 Å². The Kier molecular flexibility index (Phi) is 9.23. The Balaban J connectivity index is 1.92. The molecule has 218 valence electrons. The van der Waals surface area contributed by atoms with Crippen LogP contribution in [0.1, 0.15) is 46.1 Å². The van der Waals surface area contributed by atoms with E-state index < -0.39 is 42.3 Å². The van der Waals surface area contributed by atoms with E-state index in [0.717, 1.165) is 18.4 Å². The Bertz CT molecular complexity index is 1530. The Morgan fingerprint density at radius 2 is 1.60 bits per heavy atom. The molecule has 11 heteroatoms. The maximum atomic E-state index is 14.5. The molecule has 0 bridgehead atoms. The molecular weight excluding hydrogens is 556 g/mol. The fourth-order valence-electron chi connectivity index (χ4n) is 5.54. The third-order valence-corrected chi connectivity index (χ3v) is 11.4. The number of benzene rings is 2. The summed E-state index contributed by atoms with van der Waals surface area (Å²) in [5.41, 5.74) is -0.548. The van der Waals surface area contributed by atoms with Gasteiger partial charge in [-0.3, -0.25) is 0 Å². The van der Waals surface area contributed by atoms with Crippen molar-refractivity contribution in [2.75, 3.05) is 26.4 Å². The van der Waals surface area contributed by atoms with Crippen LogP contribution in [-0.2, 0) is 19.9 Å². The van der Waals surface area contributed by atoms with Crippen molar-refractivity contribution in [2.24, 2.45) is 27.0 Å². The number of allylic oxidation sites excluding steroid dienone is 2. The lowest BCUT2D eigenvalue weighted by molar-refractivity contribution is 0.0803. The summed E-state index contributed by atoms with van der Waals surface area (Å²) in [6.45, 7) is 12.6. The normalized spacial score (nSPS) is 21.8. The van der Waals surface area contributed by atoms with Crippen molar-refractivity contribution in [3.63, 3.8) is 0 Å². The maximum Gasteiger partial charge on any atom is 0.243 e. The highest BCUT2D eigenvalue weighted by Crippen LogP contribution is 2.58. The van der Waals surface area contributed by atoms with Crippen molar-refractivity contribution in [1.29, 1.82) is 0 Å². The van der Waals surface area contributed by atoms with Gasteiger partial charge in [0.25, 0.3) is 0 Å². The predicted octanol–water partition coefficient (Wildman–Crippen LogP) is 6.50. The Morgan fingerprint density at radius 3 is 2.10 bits per heavy atom. The molecule has 2 aromatic carbocycles. The van der Waals surface area contributed by atoms with Crippen molar-refractivity contribution in [3.05, 3.63) is 77.9 Å². The topological polar surface area (TPSA) is 96.2 Å². The summed E-state index contributed by atoms with van der Waals surface area (Å²) in [5.74, 6) is -1.63. The summed E-state index contributed by atoms with van der Waals surface area (Å²) in [7, 11) is -5.95. The molecule has 0 N–H and O–H groups in total. The van der Waals surface area contributed by atoms with E-state index in [9.17, 15) is 25.6 Å². The number of halogens is 2. The molecule has 0 aliphatic heterocycles. The highest BCUT2D eigenvalue weighted by Gasteiger charge is 2.53. The molecule has 7 nitrogen and oxygen atoms in total. The Hall–Kier alpha value is -2.76. The van der Waals surface area contributed by atoms with E-state index in [-0.39, 0.29) is 40.1 Å². The predicted molar refractivity (Wildman–Crippen MR) is 153 cm³/mol. The SMILES string of the molecule is C=C(/C=C(\N=NC)c1c(F)cccc1F)C1CCC(C)(CN(CC)S(=O)(=O)c2ccc(S(C)(=O)=O)cc2)C1(C)C. The lowest BCUT2D eigenvalue weighted by atomic mass is 9.64. The quantitative estimate of drug-likeness (QED) is 0.232. The third-order valence-electron chi connectivity index (χ3n) is 8.38. The minimum absolute atomic E-state index is 0.0199. The Labute approximate surface area is 236 Å².